The molecule has 0 N–H and O–H groups in total. The first kappa shape index (κ1) is 16.5. The molecule has 0 aliphatic carbocycles. The third-order valence-corrected chi connectivity index (χ3v) is 4.73. The Bertz CT molecular complexity index is 686. The van der Waals surface area contributed by atoms with Crippen LogP contribution in [0.3, 0.4) is 0 Å². The lowest BCUT2D eigenvalue weighted by molar-refractivity contribution is -0.133. The van der Waals surface area contributed by atoms with Crippen molar-refractivity contribution in [1.82, 2.24) is 9.88 Å². The Labute approximate surface area is 144 Å². The van der Waals surface area contributed by atoms with Crippen LogP contribution in [-0.2, 0) is 11.2 Å². The first-order valence-corrected chi connectivity index (χ1v) is 8.65. The zero-order chi connectivity index (χ0) is 16.9. The summed E-state index contributed by atoms with van der Waals surface area (Å²) in [5.74, 6) is 0.234. The van der Waals surface area contributed by atoms with E-state index in [1.807, 2.05) is 23.1 Å². The summed E-state index contributed by atoms with van der Waals surface area (Å²) in [6.45, 7) is 6.86. The molecular weight excluding hydrogens is 298 g/mol. The molecule has 4 nitrogen and oxygen atoms in total. The number of nitrogens with zero attached hydrogens (tertiary/aromatic N) is 3. The second kappa shape index (κ2) is 7.47. The lowest BCUT2D eigenvalue weighted by atomic mass is 10.1. The zero-order valence-electron chi connectivity index (χ0n) is 14.5. The van der Waals surface area contributed by atoms with Crippen LogP contribution in [0, 0.1) is 6.92 Å². The number of carbonyl (C=O) groups excluding carboxylic acids is 1. The summed E-state index contributed by atoms with van der Waals surface area (Å²) in [6.07, 6.45) is 3.03. The molecule has 1 aliphatic heterocycles. The number of hydrogen-bond donors (Lipinski definition) is 0. The largest absolute Gasteiger partial charge is 0.367 e. The number of benzene rings is 1. The average Bonchev–Trinajstić information content (AvgIpc) is 2.61. The Morgan fingerprint density at radius 3 is 2.67 bits per heavy atom. The van der Waals surface area contributed by atoms with Crippen molar-refractivity contribution in [1.29, 1.82) is 0 Å². The van der Waals surface area contributed by atoms with Gasteiger partial charge in [-0.2, -0.15) is 0 Å². The van der Waals surface area contributed by atoms with Gasteiger partial charge in [0.25, 0.3) is 0 Å². The van der Waals surface area contributed by atoms with Crippen molar-refractivity contribution in [3.8, 4) is 0 Å². The molecule has 1 aliphatic rings. The molecule has 1 fully saturated rings. The van der Waals surface area contributed by atoms with Gasteiger partial charge in [-0.1, -0.05) is 24.3 Å². The second-order valence-corrected chi connectivity index (χ2v) is 6.49. The molecule has 1 unspecified atom stereocenters. The molecule has 0 radical (unpaired) electrons. The number of pyridine rings is 1. The van der Waals surface area contributed by atoms with Crippen LogP contribution >= 0.6 is 0 Å². The van der Waals surface area contributed by atoms with E-state index in [1.54, 1.807) is 6.20 Å². The van der Waals surface area contributed by atoms with E-state index in [4.69, 9.17) is 0 Å². The van der Waals surface area contributed by atoms with Crippen molar-refractivity contribution in [3.63, 3.8) is 0 Å². The number of piperazine rings is 1. The maximum absolute atomic E-state index is 12.6. The molecule has 1 saturated heterocycles. The highest BCUT2D eigenvalue weighted by Gasteiger charge is 2.27. The van der Waals surface area contributed by atoms with E-state index >= 15 is 0 Å². The zero-order valence-corrected chi connectivity index (χ0v) is 14.5. The summed E-state index contributed by atoms with van der Waals surface area (Å²) in [7, 11) is 0. The molecule has 1 atom stereocenters. The summed E-state index contributed by atoms with van der Waals surface area (Å²) in [6, 6.07) is 14.5. The van der Waals surface area contributed by atoms with Gasteiger partial charge in [0.1, 0.15) is 0 Å². The highest BCUT2D eigenvalue weighted by molar-refractivity contribution is 5.77. The molecule has 2 heterocycles. The molecule has 0 spiro atoms. The average molecular weight is 323 g/mol. The number of para-hydroxylation sites is 1. The van der Waals surface area contributed by atoms with Gasteiger partial charge in [0.05, 0.1) is 0 Å². The Kier molecular flexibility index (Phi) is 5.14. The summed E-state index contributed by atoms with van der Waals surface area (Å²) in [5, 5.41) is 0. The van der Waals surface area contributed by atoms with Gasteiger partial charge >= 0.3 is 0 Å². The van der Waals surface area contributed by atoms with E-state index in [0.717, 1.165) is 25.3 Å². The molecule has 1 amide bonds. The van der Waals surface area contributed by atoms with Crippen LogP contribution < -0.4 is 4.90 Å². The molecule has 1 aromatic carbocycles. The quantitative estimate of drug-likeness (QED) is 0.868. The molecule has 24 heavy (non-hydrogen) atoms. The summed E-state index contributed by atoms with van der Waals surface area (Å²) >= 11 is 0. The van der Waals surface area contributed by atoms with Crippen LogP contribution in [0.25, 0.3) is 0 Å². The van der Waals surface area contributed by atoms with E-state index in [1.165, 1.54) is 11.3 Å². The fourth-order valence-electron chi connectivity index (χ4n) is 3.39. The lowest BCUT2D eigenvalue weighted by Gasteiger charge is -2.41. The first-order valence-electron chi connectivity index (χ1n) is 8.65. The van der Waals surface area contributed by atoms with Crippen molar-refractivity contribution >= 4 is 11.6 Å². The van der Waals surface area contributed by atoms with Gasteiger partial charge in [-0.15, -0.1) is 0 Å². The number of aryl methyl sites for hydroxylation is 2. The Morgan fingerprint density at radius 1 is 1.17 bits per heavy atom. The van der Waals surface area contributed by atoms with E-state index in [0.29, 0.717) is 12.8 Å². The van der Waals surface area contributed by atoms with E-state index in [-0.39, 0.29) is 11.9 Å². The minimum Gasteiger partial charge on any atom is -0.367 e. The number of anilines is 1. The number of aromatic nitrogens is 1. The minimum atomic E-state index is 0.231. The summed E-state index contributed by atoms with van der Waals surface area (Å²) in [4.78, 5) is 21.3. The van der Waals surface area contributed by atoms with E-state index < -0.39 is 0 Å². The van der Waals surface area contributed by atoms with Crippen molar-refractivity contribution in [2.75, 3.05) is 24.5 Å². The van der Waals surface area contributed by atoms with Crippen LogP contribution in [0.2, 0.25) is 0 Å². The van der Waals surface area contributed by atoms with Crippen LogP contribution in [0.15, 0.2) is 48.7 Å². The van der Waals surface area contributed by atoms with Crippen LogP contribution in [-0.4, -0.2) is 41.5 Å². The van der Waals surface area contributed by atoms with Crippen molar-refractivity contribution in [2.45, 2.75) is 32.7 Å². The predicted octanol–water partition coefficient (Wildman–Crippen LogP) is 3.06. The molecule has 0 saturated carbocycles. The molecule has 126 valence electrons. The van der Waals surface area contributed by atoms with Gasteiger partial charge in [-0.3, -0.25) is 9.78 Å². The number of rotatable bonds is 4. The summed E-state index contributed by atoms with van der Waals surface area (Å²) in [5.41, 5.74) is 3.56. The molecular formula is C20H25N3O. The molecule has 3 rings (SSSR count). The Balaban J connectivity index is 1.57. The van der Waals surface area contributed by atoms with Gasteiger partial charge in [-0.05, 0) is 44.0 Å². The van der Waals surface area contributed by atoms with E-state index in [9.17, 15) is 4.79 Å². The molecule has 2 aromatic rings. The number of amides is 1. The highest BCUT2D eigenvalue weighted by atomic mass is 16.2. The second-order valence-electron chi connectivity index (χ2n) is 6.49. The van der Waals surface area contributed by atoms with Crippen molar-refractivity contribution in [3.05, 3.63) is 59.9 Å². The highest BCUT2D eigenvalue weighted by Crippen LogP contribution is 2.23. The van der Waals surface area contributed by atoms with Crippen LogP contribution in [0.5, 0.6) is 0 Å². The normalized spacial score (nSPS) is 17.8. The maximum Gasteiger partial charge on any atom is 0.223 e. The van der Waals surface area contributed by atoms with Gasteiger partial charge in [-0.25, -0.2) is 0 Å². The standard InChI is InChI=1S/C20H25N3O/c1-16-7-3-4-9-19(16)22-13-14-23(17(2)15-22)20(24)11-10-18-8-5-6-12-21-18/h3-9,12,17H,10-11,13-15H2,1-2H3. The lowest BCUT2D eigenvalue weighted by Crippen LogP contribution is -2.54. The summed E-state index contributed by atoms with van der Waals surface area (Å²) < 4.78 is 0. The third kappa shape index (κ3) is 3.75. The SMILES string of the molecule is Cc1ccccc1N1CCN(C(=O)CCc2ccccn2)C(C)C1. The van der Waals surface area contributed by atoms with Crippen molar-refractivity contribution in [2.24, 2.45) is 0 Å². The third-order valence-electron chi connectivity index (χ3n) is 4.73. The van der Waals surface area contributed by atoms with Crippen molar-refractivity contribution < 1.29 is 4.79 Å². The smallest absolute Gasteiger partial charge is 0.223 e. The minimum absolute atomic E-state index is 0.231. The topological polar surface area (TPSA) is 36.4 Å². The maximum atomic E-state index is 12.6. The Hall–Kier alpha value is -2.36. The molecule has 0 bridgehead atoms. The van der Waals surface area contributed by atoms with Crippen LogP contribution in [0.1, 0.15) is 24.6 Å². The molecule has 1 aromatic heterocycles. The Morgan fingerprint density at radius 2 is 1.96 bits per heavy atom. The van der Waals surface area contributed by atoms with Crippen LogP contribution in [0.4, 0.5) is 5.69 Å². The van der Waals surface area contributed by atoms with Gasteiger partial charge in [0.2, 0.25) is 5.91 Å². The van der Waals surface area contributed by atoms with Gasteiger partial charge in [0, 0.05) is 49.7 Å². The van der Waals surface area contributed by atoms with E-state index in [2.05, 4.69) is 48.0 Å². The molecule has 4 heteroatoms. The number of carbonyl (C=O) groups is 1. The fourth-order valence-corrected chi connectivity index (χ4v) is 3.39. The fraction of sp³-hybridized carbons (Fsp3) is 0.400. The van der Waals surface area contributed by atoms with Gasteiger partial charge in [0.15, 0.2) is 0 Å². The predicted molar refractivity (Wildman–Crippen MR) is 97.1 cm³/mol. The monoisotopic (exact) mass is 323 g/mol. The van der Waals surface area contributed by atoms with Gasteiger partial charge < -0.3 is 9.80 Å². The number of hydrogen-bond acceptors (Lipinski definition) is 3. The first-order chi connectivity index (χ1) is 11.6.